The van der Waals surface area contributed by atoms with Gasteiger partial charge in [-0.25, -0.2) is 4.39 Å². The van der Waals surface area contributed by atoms with E-state index in [9.17, 15) is 9.18 Å². The van der Waals surface area contributed by atoms with Gasteiger partial charge in [-0.05, 0) is 35.6 Å². The van der Waals surface area contributed by atoms with Crippen molar-refractivity contribution in [1.29, 1.82) is 0 Å². The quantitative estimate of drug-likeness (QED) is 0.802. The zero-order chi connectivity index (χ0) is 15.4. The van der Waals surface area contributed by atoms with E-state index in [0.717, 1.165) is 11.8 Å². The predicted octanol–water partition coefficient (Wildman–Crippen LogP) is 3.35. The molecular formula is C18H15FN2O. The lowest BCUT2D eigenvalue weighted by Gasteiger charge is -2.06. The van der Waals surface area contributed by atoms with Gasteiger partial charge < -0.3 is 5.32 Å². The second-order valence-electron chi connectivity index (χ2n) is 5.05. The SMILES string of the molecule is O=C(NCCc1ccccc1)c1cc2ccc(F)cc2cn1. The number of amides is 1. The molecule has 1 N–H and O–H groups in total. The van der Waals surface area contributed by atoms with Crippen LogP contribution in [0.25, 0.3) is 10.8 Å². The first-order valence-electron chi connectivity index (χ1n) is 7.10. The molecule has 1 amide bonds. The zero-order valence-corrected chi connectivity index (χ0v) is 11.9. The van der Waals surface area contributed by atoms with Gasteiger partial charge in [0, 0.05) is 18.1 Å². The molecule has 1 heterocycles. The van der Waals surface area contributed by atoms with E-state index in [4.69, 9.17) is 0 Å². The van der Waals surface area contributed by atoms with Gasteiger partial charge in [0.25, 0.3) is 5.91 Å². The minimum absolute atomic E-state index is 0.220. The Hall–Kier alpha value is -2.75. The molecule has 0 bridgehead atoms. The number of carbonyl (C=O) groups is 1. The van der Waals surface area contributed by atoms with Gasteiger partial charge in [0.1, 0.15) is 11.5 Å². The summed E-state index contributed by atoms with van der Waals surface area (Å²) >= 11 is 0. The van der Waals surface area contributed by atoms with Crippen LogP contribution >= 0.6 is 0 Å². The van der Waals surface area contributed by atoms with Gasteiger partial charge in [-0.1, -0.05) is 36.4 Å². The highest BCUT2D eigenvalue weighted by Gasteiger charge is 2.08. The predicted molar refractivity (Wildman–Crippen MR) is 84.2 cm³/mol. The lowest BCUT2D eigenvalue weighted by Crippen LogP contribution is -2.26. The summed E-state index contributed by atoms with van der Waals surface area (Å²) in [5, 5.41) is 4.33. The summed E-state index contributed by atoms with van der Waals surface area (Å²) in [5.41, 5.74) is 1.51. The van der Waals surface area contributed by atoms with E-state index in [2.05, 4.69) is 10.3 Å². The summed E-state index contributed by atoms with van der Waals surface area (Å²) < 4.78 is 13.1. The molecule has 1 aromatic heterocycles. The van der Waals surface area contributed by atoms with Gasteiger partial charge in [0.05, 0.1) is 0 Å². The molecule has 3 rings (SSSR count). The highest BCUT2D eigenvalue weighted by Crippen LogP contribution is 2.15. The lowest BCUT2D eigenvalue weighted by molar-refractivity contribution is 0.0949. The molecule has 0 fully saturated rings. The van der Waals surface area contributed by atoms with Gasteiger partial charge >= 0.3 is 0 Å². The second kappa shape index (κ2) is 6.35. The molecule has 0 aliphatic carbocycles. The van der Waals surface area contributed by atoms with Gasteiger partial charge in [0.2, 0.25) is 0 Å². The number of hydrogen-bond donors (Lipinski definition) is 1. The van der Waals surface area contributed by atoms with Crippen molar-refractivity contribution >= 4 is 16.7 Å². The topological polar surface area (TPSA) is 42.0 Å². The Bertz CT molecular complexity index is 803. The normalized spacial score (nSPS) is 10.6. The maximum Gasteiger partial charge on any atom is 0.269 e. The smallest absolute Gasteiger partial charge is 0.269 e. The Balaban J connectivity index is 1.66. The van der Waals surface area contributed by atoms with Crippen LogP contribution in [-0.4, -0.2) is 17.4 Å². The Morgan fingerprint density at radius 3 is 2.68 bits per heavy atom. The van der Waals surface area contributed by atoms with E-state index < -0.39 is 0 Å². The van der Waals surface area contributed by atoms with E-state index in [0.29, 0.717) is 17.6 Å². The van der Waals surface area contributed by atoms with Crippen molar-refractivity contribution in [3.05, 3.63) is 77.9 Å². The van der Waals surface area contributed by atoms with Crippen LogP contribution < -0.4 is 5.32 Å². The number of benzene rings is 2. The number of rotatable bonds is 4. The molecule has 0 spiro atoms. The van der Waals surface area contributed by atoms with Crippen molar-refractivity contribution in [2.75, 3.05) is 6.54 Å². The summed E-state index contributed by atoms with van der Waals surface area (Å²) in [6.45, 7) is 0.548. The van der Waals surface area contributed by atoms with Crippen LogP contribution in [-0.2, 0) is 6.42 Å². The van der Waals surface area contributed by atoms with E-state index in [-0.39, 0.29) is 11.7 Å². The first kappa shape index (κ1) is 14.2. The third-order valence-electron chi connectivity index (χ3n) is 3.46. The number of fused-ring (bicyclic) bond motifs is 1. The fourth-order valence-corrected chi connectivity index (χ4v) is 2.29. The number of halogens is 1. The Morgan fingerprint density at radius 2 is 1.86 bits per heavy atom. The fraction of sp³-hybridized carbons (Fsp3) is 0.111. The Kier molecular flexibility index (Phi) is 4.10. The molecule has 0 saturated carbocycles. The first-order valence-corrected chi connectivity index (χ1v) is 7.10. The van der Waals surface area contributed by atoms with Crippen molar-refractivity contribution in [2.45, 2.75) is 6.42 Å². The Labute approximate surface area is 127 Å². The van der Waals surface area contributed by atoms with Crippen molar-refractivity contribution in [1.82, 2.24) is 10.3 Å². The van der Waals surface area contributed by atoms with Crippen LogP contribution in [0.1, 0.15) is 16.1 Å². The average molecular weight is 294 g/mol. The maximum absolute atomic E-state index is 13.1. The van der Waals surface area contributed by atoms with Crippen LogP contribution in [0.2, 0.25) is 0 Å². The standard InChI is InChI=1S/C18H15FN2O/c19-16-7-6-14-11-17(21-12-15(14)10-16)18(22)20-9-8-13-4-2-1-3-5-13/h1-7,10-12H,8-9H2,(H,20,22). The summed E-state index contributed by atoms with van der Waals surface area (Å²) in [6, 6.07) is 16.1. The lowest BCUT2D eigenvalue weighted by atomic mass is 10.1. The summed E-state index contributed by atoms with van der Waals surface area (Å²) in [6.07, 6.45) is 2.29. The van der Waals surface area contributed by atoms with E-state index in [1.807, 2.05) is 30.3 Å². The summed E-state index contributed by atoms with van der Waals surface area (Å²) in [5.74, 6) is -0.531. The molecule has 0 unspecified atom stereocenters. The van der Waals surface area contributed by atoms with Crippen LogP contribution in [0.3, 0.4) is 0 Å². The molecule has 0 atom stereocenters. The second-order valence-corrected chi connectivity index (χ2v) is 5.05. The number of nitrogens with zero attached hydrogens (tertiary/aromatic N) is 1. The molecule has 3 nitrogen and oxygen atoms in total. The van der Waals surface area contributed by atoms with Crippen molar-refractivity contribution in [2.24, 2.45) is 0 Å². The molecule has 110 valence electrons. The molecular weight excluding hydrogens is 279 g/mol. The molecule has 0 radical (unpaired) electrons. The number of aromatic nitrogens is 1. The minimum Gasteiger partial charge on any atom is -0.350 e. The highest BCUT2D eigenvalue weighted by atomic mass is 19.1. The third kappa shape index (κ3) is 3.28. The van der Waals surface area contributed by atoms with Gasteiger partial charge in [-0.3, -0.25) is 9.78 Å². The van der Waals surface area contributed by atoms with Crippen LogP contribution in [0.15, 0.2) is 60.8 Å². The van der Waals surface area contributed by atoms with Crippen LogP contribution in [0.5, 0.6) is 0 Å². The number of nitrogens with one attached hydrogen (secondary N) is 1. The van der Waals surface area contributed by atoms with Crippen LogP contribution in [0.4, 0.5) is 4.39 Å². The molecule has 0 aliphatic heterocycles. The van der Waals surface area contributed by atoms with Gasteiger partial charge in [0.15, 0.2) is 0 Å². The monoisotopic (exact) mass is 294 g/mol. The molecule has 2 aromatic carbocycles. The van der Waals surface area contributed by atoms with Crippen molar-refractivity contribution in [3.8, 4) is 0 Å². The molecule has 3 aromatic rings. The van der Waals surface area contributed by atoms with Gasteiger partial charge in [-0.15, -0.1) is 0 Å². The molecule has 4 heteroatoms. The van der Waals surface area contributed by atoms with E-state index >= 15 is 0 Å². The van der Waals surface area contributed by atoms with E-state index in [1.165, 1.54) is 23.9 Å². The zero-order valence-electron chi connectivity index (χ0n) is 11.9. The largest absolute Gasteiger partial charge is 0.350 e. The van der Waals surface area contributed by atoms with Crippen molar-refractivity contribution < 1.29 is 9.18 Å². The number of pyridine rings is 1. The fourth-order valence-electron chi connectivity index (χ4n) is 2.29. The van der Waals surface area contributed by atoms with Crippen molar-refractivity contribution in [3.63, 3.8) is 0 Å². The van der Waals surface area contributed by atoms with Crippen LogP contribution in [0, 0.1) is 5.82 Å². The van der Waals surface area contributed by atoms with Gasteiger partial charge in [-0.2, -0.15) is 0 Å². The molecule has 0 saturated heterocycles. The summed E-state index contributed by atoms with van der Waals surface area (Å²) in [4.78, 5) is 16.2. The maximum atomic E-state index is 13.1. The third-order valence-corrected chi connectivity index (χ3v) is 3.46. The number of carbonyl (C=O) groups excluding carboxylic acids is 1. The highest BCUT2D eigenvalue weighted by molar-refractivity contribution is 5.96. The molecule has 22 heavy (non-hydrogen) atoms. The first-order chi connectivity index (χ1) is 10.7. The average Bonchev–Trinajstić information content (AvgIpc) is 2.55. The number of hydrogen-bond acceptors (Lipinski definition) is 2. The summed E-state index contributed by atoms with van der Waals surface area (Å²) in [7, 11) is 0. The Morgan fingerprint density at radius 1 is 1.05 bits per heavy atom. The minimum atomic E-state index is -0.311. The molecule has 0 aliphatic rings. The van der Waals surface area contributed by atoms with E-state index in [1.54, 1.807) is 12.1 Å².